The first-order valence-corrected chi connectivity index (χ1v) is 8.03. The first kappa shape index (κ1) is 17.6. The van der Waals surface area contributed by atoms with E-state index in [1.54, 1.807) is 11.0 Å². The molecule has 0 spiro atoms. The first-order chi connectivity index (χ1) is 11.8. The van der Waals surface area contributed by atoms with E-state index in [1.165, 1.54) is 12.5 Å². The van der Waals surface area contributed by atoms with E-state index in [2.05, 4.69) is 10.3 Å². The number of piperidine rings is 1. The predicted molar refractivity (Wildman–Crippen MR) is 85.5 cm³/mol. The maximum atomic E-state index is 12.6. The quantitative estimate of drug-likeness (QED) is 0.881. The van der Waals surface area contributed by atoms with E-state index < -0.39 is 11.7 Å². The number of nitrogens with one attached hydrogen (secondary N) is 1. The number of likely N-dealkylation sites (tertiary alicyclic amines) is 1. The number of pyridine rings is 1. The minimum Gasteiger partial charge on any atom is -0.472 e. The topological polar surface area (TPSA) is 58.4 Å². The Labute approximate surface area is 146 Å². The molecule has 3 heterocycles. The Hall–Kier alpha value is -2.22. The van der Waals surface area contributed by atoms with Crippen LogP contribution < -0.4 is 5.32 Å². The van der Waals surface area contributed by atoms with Gasteiger partial charge in [-0.05, 0) is 25.0 Å². The minimum absolute atomic E-state index is 0.0184. The van der Waals surface area contributed by atoms with Crippen molar-refractivity contribution in [3.8, 4) is 0 Å². The third kappa shape index (κ3) is 4.07. The third-order valence-corrected chi connectivity index (χ3v) is 4.35. The number of furan rings is 1. The van der Waals surface area contributed by atoms with Gasteiger partial charge in [0.15, 0.2) is 0 Å². The van der Waals surface area contributed by atoms with Crippen molar-refractivity contribution in [1.82, 2.24) is 9.88 Å². The Kier molecular flexibility index (Phi) is 4.89. The molecule has 0 atom stereocenters. The summed E-state index contributed by atoms with van der Waals surface area (Å²) >= 11 is 5.90. The molecule has 2 aromatic rings. The summed E-state index contributed by atoms with van der Waals surface area (Å²) in [4.78, 5) is 17.7. The summed E-state index contributed by atoms with van der Waals surface area (Å²) in [5.41, 5.74) is -0.387. The van der Waals surface area contributed by atoms with E-state index in [1.807, 2.05) is 0 Å². The van der Waals surface area contributed by atoms with Crippen molar-refractivity contribution >= 4 is 23.3 Å². The Bertz CT molecular complexity index is 742. The maximum Gasteiger partial charge on any atom is 0.417 e. The molecule has 1 aliphatic heterocycles. The monoisotopic (exact) mass is 373 g/mol. The number of amides is 1. The Balaban J connectivity index is 1.58. The number of carbonyl (C=O) groups is 1. The van der Waals surface area contributed by atoms with Crippen molar-refractivity contribution in [1.29, 1.82) is 0 Å². The highest BCUT2D eigenvalue weighted by atomic mass is 35.5. The van der Waals surface area contributed by atoms with Gasteiger partial charge in [0.25, 0.3) is 5.91 Å². The summed E-state index contributed by atoms with van der Waals surface area (Å²) in [6.45, 7) is 1.06. The number of alkyl halides is 3. The highest BCUT2D eigenvalue weighted by molar-refractivity contribution is 6.33. The zero-order valence-electron chi connectivity index (χ0n) is 13.0. The van der Waals surface area contributed by atoms with Crippen molar-refractivity contribution in [2.45, 2.75) is 25.1 Å². The van der Waals surface area contributed by atoms with Gasteiger partial charge in [0.1, 0.15) is 12.1 Å². The summed E-state index contributed by atoms with van der Waals surface area (Å²) in [5, 5.41) is 2.98. The fourth-order valence-corrected chi connectivity index (χ4v) is 2.91. The number of hydrogen-bond donors (Lipinski definition) is 1. The van der Waals surface area contributed by atoms with Crippen LogP contribution in [0.15, 0.2) is 35.3 Å². The first-order valence-electron chi connectivity index (χ1n) is 7.65. The number of hydrogen-bond acceptors (Lipinski definition) is 4. The molecule has 1 aliphatic rings. The maximum absolute atomic E-state index is 12.6. The minimum atomic E-state index is -4.48. The molecule has 134 valence electrons. The highest BCUT2D eigenvalue weighted by Gasteiger charge is 2.32. The lowest BCUT2D eigenvalue weighted by Gasteiger charge is -2.32. The van der Waals surface area contributed by atoms with E-state index in [4.69, 9.17) is 16.0 Å². The van der Waals surface area contributed by atoms with Gasteiger partial charge in [0.2, 0.25) is 0 Å². The summed E-state index contributed by atoms with van der Waals surface area (Å²) in [5.74, 6) is 0.118. The molecule has 0 radical (unpaired) electrons. The molecule has 0 aromatic carbocycles. The van der Waals surface area contributed by atoms with Crippen LogP contribution in [-0.4, -0.2) is 34.9 Å². The number of carbonyl (C=O) groups excluding carboxylic acids is 1. The molecule has 0 unspecified atom stereocenters. The van der Waals surface area contributed by atoms with Crippen LogP contribution in [0.25, 0.3) is 0 Å². The van der Waals surface area contributed by atoms with Crippen molar-refractivity contribution in [2.24, 2.45) is 0 Å². The van der Waals surface area contributed by atoms with Crippen LogP contribution in [0.3, 0.4) is 0 Å². The molecule has 1 fully saturated rings. The zero-order valence-corrected chi connectivity index (χ0v) is 13.8. The Morgan fingerprint density at radius 1 is 1.36 bits per heavy atom. The normalized spacial score (nSPS) is 16.1. The number of nitrogens with zero attached hydrogens (tertiary/aromatic N) is 2. The SMILES string of the molecule is O=C(c1ccoc1)N1CCC(Nc2ncc(C(F)(F)F)cc2Cl)CC1. The molecule has 0 bridgehead atoms. The summed E-state index contributed by atoms with van der Waals surface area (Å²) in [6.07, 6.45) is 0.406. The lowest BCUT2D eigenvalue weighted by Crippen LogP contribution is -2.42. The summed E-state index contributed by atoms with van der Waals surface area (Å²) in [7, 11) is 0. The average Bonchev–Trinajstić information content (AvgIpc) is 3.10. The molecule has 25 heavy (non-hydrogen) atoms. The molecule has 3 rings (SSSR count). The van der Waals surface area contributed by atoms with Crippen LogP contribution in [0.4, 0.5) is 19.0 Å². The second-order valence-electron chi connectivity index (χ2n) is 5.78. The van der Waals surface area contributed by atoms with E-state index in [9.17, 15) is 18.0 Å². The molecule has 0 saturated carbocycles. The standard InChI is InChI=1S/C16H15ClF3N3O2/c17-13-7-11(16(18,19)20)8-21-14(13)22-12-1-4-23(5-2-12)15(24)10-3-6-25-9-10/h3,6-9,12H,1-2,4-5H2,(H,21,22). The van der Waals surface area contributed by atoms with Gasteiger partial charge in [-0.2, -0.15) is 13.2 Å². The van der Waals surface area contributed by atoms with Crippen molar-refractivity contribution < 1.29 is 22.4 Å². The average molecular weight is 374 g/mol. The molecule has 5 nitrogen and oxygen atoms in total. The number of halogens is 4. The number of aromatic nitrogens is 1. The van der Waals surface area contributed by atoms with Crippen molar-refractivity contribution in [3.63, 3.8) is 0 Å². The molecule has 1 amide bonds. The lowest BCUT2D eigenvalue weighted by molar-refractivity contribution is -0.137. The Morgan fingerprint density at radius 2 is 2.08 bits per heavy atom. The van der Waals surface area contributed by atoms with Gasteiger partial charge in [-0.1, -0.05) is 11.6 Å². The fraction of sp³-hybridized carbons (Fsp3) is 0.375. The largest absolute Gasteiger partial charge is 0.472 e. The molecule has 1 N–H and O–H groups in total. The smallest absolute Gasteiger partial charge is 0.417 e. The van der Waals surface area contributed by atoms with Gasteiger partial charge < -0.3 is 14.6 Å². The molecule has 0 aliphatic carbocycles. The van der Waals surface area contributed by atoms with E-state index in [0.29, 0.717) is 31.5 Å². The van der Waals surface area contributed by atoms with Gasteiger partial charge in [0, 0.05) is 25.3 Å². The fourth-order valence-electron chi connectivity index (χ4n) is 2.69. The molecule has 2 aromatic heterocycles. The van der Waals surface area contributed by atoms with Crippen LogP contribution in [0.5, 0.6) is 0 Å². The third-order valence-electron chi connectivity index (χ3n) is 4.06. The number of rotatable bonds is 3. The van der Waals surface area contributed by atoms with Crippen LogP contribution in [0, 0.1) is 0 Å². The number of anilines is 1. The van der Waals surface area contributed by atoms with Gasteiger partial charge in [-0.3, -0.25) is 4.79 Å². The van der Waals surface area contributed by atoms with Crippen LogP contribution >= 0.6 is 11.6 Å². The van der Waals surface area contributed by atoms with Gasteiger partial charge in [0.05, 0.1) is 22.4 Å². The molecule has 9 heteroatoms. The van der Waals surface area contributed by atoms with Crippen molar-refractivity contribution in [3.05, 3.63) is 47.0 Å². The highest BCUT2D eigenvalue weighted by Crippen LogP contribution is 2.33. The molecular formula is C16H15ClF3N3O2. The lowest BCUT2D eigenvalue weighted by atomic mass is 10.0. The predicted octanol–water partition coefficient (Wildman–Crippen LogP) is 4.06. The Morgan fingerprint density at radius 3 is 2.64 bits per heavy atom. The van der Waals surface area contributed by atoms with E-state index >= 15 is 0 Å². The van der Waals surface area contributed by atoms with Crippen LogP contribution in [-0.2, 0) is 6.18 Å². The molecular weight excluding hydrogens is 359 g/mol. The van der Waals surface area contributed by atoms with Gasteiger partial charge >= 0.3 is 6.18 Å². The van der Waals surface area contributed by atoms with Gasteiger partial charge in [-0.15, -0.1) is 0 Å². The van der Waals surface area contributed by atoms with Gasteiger partial charge in [-0.25, -0.2) is 4.98 Å². The van der Waals surface area contributed by atoms with Crippen LogP contribution in [0.1, 0.15) is 28.8 Å². The second-order valence-corrected chi connectivity index (χ2v) is 6.18. The van der Waals surface area contributed by atoms with Crippen molar-refractivity contribution in [2.75, 3.05) is 18.4 Å². The summed E-state index contributed by atoms with van der Waals surface area (Å²) in [6, 6.07) is 2.45. The van der Waals surface area contributed by atoms with Crippen LogP contribution in [0.2, 0.25) is 5.02 Å². The zero-order chi connectivity index (χ0) is 18.0. The van der Waals surface area contributed by atoms with E-state index in [0.717, 1.165) is 12.3 Å². The van der Waals surface area contributed by atoms with E-state index in [-0.39, 0.29) is 22.8 Å². The second kappa shape index (κ2) is 6.95. The molecule has 1 saturated heterocycles. The summed E-state index contributed by atoms with van der Waals surface area (Å²) < 4.78 is 42.8.